The van der Waals surface area contributed by atoms with Gasteiger partial charge in [-0.3, -0.25) is 10.0 Å². The highest BCUT2D eigenvalue weighted by atomic mass is 32.1. The predicted molar refractivity (Wildman–Crippen MR) is 77.7 cm³/mol. The molecule has 2 aromatic heterocycles. The van der Waals surface area contributed by atoms with E-state index in [9.17, 15) is 9.18 Å². The minimum absolute atomic E-state index is 0.293. The number of hydroxylamine groups is 1. The molecule has 3 aromatic rings. The van der Waals surface area contributed by atoms with Gasteiger partial charge in [0, 0.05) is 6.08 Å². The molecule has 9 heteroatoms. The summed E-state index contributed by atoms with van der Waals surface area (Å²) in [5, 5.41) is 16.8. The van der Waals surface area contributed by atoms with Crippen LogP contribution in [0.25, 0.3) is 16.3 Å². The molecule has 1 amide bonds. The minimum Gasteiger partial charge on any atom is -0.288 e. The standard InChI is InChI=1S/C13H10FN5O2S/c14-9-2-1-3-10-13(9)22-12(15-10)7-19-6-8(16-18-19)4-5-11(20)17-21/h1-6,21H,7H2,(H,17,20). The van der Waals surface area contributed by atoms with Crippen LogP contribution in [0.1, 0.15) is 10.7 Å². The lowest BCUT2D eigenvalue weighted by atomic mass is 10.3. The van der Waals surface area contributed by atoms with Crippen LogP contribution in [0.2, 0.25) is 0 Å². The SMILES string of the molecule is O=C(C=Cc1cn(Cc2nc3cccc(F)c3s2)nn1)NO. The number of rotatable bonds is 4. The summed E-state index contributed by atoms with van der Waals surface area (Å²) in [6, 6.07) is 4.77. The fourth-order valence-electron chi connectivity index (χ4n) is 1.83. The van der Waals surface area contributed by atoms with Gasteiger partial charge in [-0.2, -0.15) is 0 Å². The van der Waals surface area contributed by atoms with E-state index in [-0.39, 0.29) is 5.82 Å². The molecule has 0 saturated carbocycles. The van der Waals surface area contributed by atoms with Gasteiger partial charge in [0.2, 0.25) is 0 Å². The number of carbonyl (C=O) groups excluding carboxylic acids is 1. The molecular weight excluding hydrogens is 309 g/mol. The summed E-state index contributed by atoms with van der Waals surface area (Å²) in [5.74, 6) is -0.949. The van der Waals surface area contributed by atoms with Gasteiger partial charge in [-0.05, 0) is 18.2 Å². The van der Waals surface area contributed by atoms with Crippen LogP contribution in [0.4, 0.5) is 4.39 Å². The van der Waals surface area contributed by atoms with Gasteiger partial charge in [-0.25, -0.2) is 19.5 Å². The smallest absolute Gasteiger partial charge is 0.267 e. The van der Waals surface area contributed by atoms with Crippen molar-refractivity contribution in [3.05, 3.63) is 47.0 Å². The zero-order valence-electron chi connectivity index (χ0n) is 11.1. The first-order chi connectivity index (χ1) is 10.7. The zero-order chi connectivity index (χ0) is 15.5. The molecule has 0 bridgehead atoms. The summed E-state index contributed by atoms with van der Waals surface area (Å²) in [5.41, 5.74) is 2.54. The first kappa shape index (κ1) is 14.3. The maximum atomic E-state index is 13.6. The quantitative estimate of drug-likeness (QED) is 0.433. The van der Waals surface area contributed by atoms with Gasteiger partial charge in [0.05, 0.1) is 23.0 Å². The molecule has 0 spiro atoms. The largest absolute Gasteiger partial charge is 0.288 e. The number of halogens is 1. The van der Waals surface area contributed by atoms with Gasteiger partial charge in [-0.1, -0.05) is 11.3 Å². The minimum atomic E-state index is -0.656. The molecule has 7 nitrogen and oxygen atoms in total. The van der Waals surface area contributed by atoms with Crippen LogP contribution in [0.5, 0.6) is 0 Å². The van der Waals surface area contributed by atoms with Gasteiger partial charge in [0.1, 0.15) is 16.5 Å². The number of carbonyl (C=O) groups is 1. The molecule has 0 atom stereocenters. The van der Waals surface area contributed by atoms with Gasteiger partial charge in [-0.15, -0.1) is 16.4 Å². The number of thiazole rings is 1. The number of nitrogens with one attached hydrogen (secondary N) is 1. The average Bonchev–Trinajstić information content (AvgIpc) is 3.12. The van der Waals surface area contributed by atoms with Crippen LogP contribution in [0.3, 0.4) is 0 Å². The van der Waals surface area contributed by atoms with Crippen molar-refractivity contribution in [1.29, 1.82) is 0 Å². The first-order valence-electron chi connectivity index (χ1n) is 6.22. The maximum Gasteiger partial charge on any atom is 0.267 e. The topological polar surface area (TPSA) is 92.9 Å². The molecule has 2 N–H and O–H groups in total. The lowest BCUT2D eigenvalue weighted by Gasteiger charge is -1.93. The van der Waals surface area contributed by atoms with Crippen LogP contribution in [-0.2, 0) is 11.3 Å². The molecule has 0 aliphatic carbocycles. The number of hydrogen-bond donors (Lipinski definition) is 2. The lowest BCUT2D eigenvalue weighted by Crippen LogP contribution is -2.14. The molecule has 0 aliphatic heterocycles. The van der Waals surface area contributed by atoms with E-state index >= 15 is 0 Å². The lowest BCUT2D eigenvalue weighted by molar-refractivity contribution is -0.124. The second kappa shape index (κ2) is 6.00. The van der Waals surface area contributed by atoms with Gasteiger partial charge in [0.15, 0.2) is 0 Å². The van der Waals surface area contributed by atoms with Crippen LogP contribution in [0.15, 0.2) is 30.5 Å². The summed E-state index contributed by atoms with van der Waals surface area (Å²) in [7, 11) is 0. The Hall–Kier alpha value is -2.65. The number of fused-ring (bicyclic) bond motifs is 1. The van der Waals surface area contributed by atoms with Crippen LogP contribution < -0.4 is 5.48 Å². The Morgan fingerprint density at radius 2 is 2.36 bits per heavy atom. The molecule has 0 aliphatic rings. The molecule has 0 radical (unpaired) electrons. The summed E-state index contributed by atoms with van der Waals surface area (Å²) in [4.78, 5) is 15.2. The maximum absolute atomic E-state index is 13.6. The van der Waals surface area contributed by atoms with Crippen LogP contribution in [-0.4, -0.2) is 31.1 Å². The van der Waals surface area contributed by atoms with E-state index in [4.69, 9.17) is 5.21 Å². The average molecular weight is 319 g/mol. The van der Waals surface area contributed by atoms with E-state index in [0.717, 1.165) is 6.08 Å². The van der Waals surface area contributed by atoms with E-state index < -0.39 is 5.91 Å². The van der Waals surface area contributed by atoms with Crippen molar-refractivity contribution in [1.82, 2.24) is 25.5 Å². The van der Waals surface area contributed by atoms with Crippen LogP contribution in [0, 0.1) is 5.82 Å². The Morgan fingerprint density at radius 3 is 3.14 bits per heavy atom. The van der Waals surface area contributed by atoms with Crippen molar-refractivity contribution in [3.8, 4) is 0 Å². The fraction of sp³-hybridized carbons (Fsp3) is 0.0769. The van der Waals surface area contributed by atoms with E-state index in [1.807, 2.05) is 0 Å². The molecule has 0 fully saturated rings. The van der Waals surface area contributed by atoms with E-state index in [1.54, 1.807) is 18.3 Å². The van der Waals surface area contributed by atoms with Gasteiger partial charge < -0.3 is 0 Å². The van der Waals surface area contributed by atoms with Crippen molar-refractivity contribution in [2.45, 2.75) is 6.54 Å². The zero-order valence-corrected chi connectivity index (χ0v) is 11.9. The Kier molecular flexibility index (Phi) is 3.90. The number of nitrogens with zero attached hydrogens (tertiary/aromatic N) is 4. The monoisotopic (exact) mass is 319 g/mol. The van der Waals surface area contributed by atoms with E-state index in [1.165, 1.54) is 33.6 Å². The summed E-state index contributed by atoms with van der Waals surface area (Å²) in [6.07, 6.45) is 4.15. The molecular formula is C13H10FN5O2S. The first-order valence-corrected chi connectivity index (χ1v) is 7.03. The van der Waals surface area contributed by atoms with E-state index in [2.05, 4.69) is 15.3 Å². The molecule has 0 unspecified atom stereocenters. The van der Waals surface area contributed by atoms with Gasteiger partial charge in [0.25, 0.3) is 5.91 Å². The highest BCUT2D eigenvalue weighted by Crippen LogP contribution is 2.25. The molecule has 22 heavy (non-hydrogen) atoms. The Labute approximate surface area is 127 Å². The number of amides is 1. The molecule has 3 rings (SSSR count). The Bertz CT molecular complexity index is 857. The molecule has 1 aromatic carbocycles. The summed E-state index contributed by atoms with van der Waals surface area (Å²) >= 11 is 1.26. The Morgan fingerprint density at radius 1 is 1.50 bits per heavy atom. The third-order valence-corrected chi connectivity index (χ3v) is 3.84. The fourth-order valence-corrected chi connectivity index (χ4v) is 2.79. The van der Waals surface area contributed by atoms with Crippen LogP contribution >= 0.6 is 11.3 Å². The van der Waals surface area contributed by atoms with Crippen molar-refractivity contribution in [2.24, 2.45) is 0 Å². The predicted octanol–water partition coefficient (Wildman–Crippen LogP) is 1.59. The summed E-state index contributed by atoms with van der Waals surface area (Å²) < 4.78 is 15.7. The second-order valence-electron chi connectivity index (χ2n) is 4.35. The van der Waals surface area contributed by atoms with Crippen molar-refractivity contribution >= 4 is 33.5 Å². The molecule has 112 valence electrons. The van der Waals surface area contributed by atoms with E-state index in [0.29, 0.717) is 27.5 Å². The highest BCUT2D eigenvalue weighted by Gasteiger charge is 2.09. The highest BCUT2D eigenvalue weighted by molar-refractivity contribution is 7.18. The molecule has 0 saturated heterocycles. The Balaban J connectivity index is 1.78. The summed E-state index contributed by atoms with van der Waals surface area (Å²) in [6.45, 7) is 0.353. The second-order valence-corrected chi connectivity index (χ2v) is 5.43. The third kappa shape index (κ3) is 3.00. The van der Waals surface area contributed by atoms with Crippen molar-refractivity contribution < 1.29 is 14.4 Å². The van der Waals surface area contributed by atoms with Gasteiger partial charge >= 0.3 is 0 Å². The number of aromatic nitrogens is 4. The number of benzene rings is 1. The van der Waals surface area contributed by atoms with Crippen molar-refractivity contribution in [3.63, 3.8) is 0 Å². The third-order valence-electron chi connectivity index (χ3n) is 2.78. The van der Waals surface area contributed by atoms with Crippen molar-refractivity contribution in [2.75, 3.05) is 0 Å². The number of hydrogen-bond acceptors (Lipinski definition) is 6. The normalized spacial score (nSPS) is 11.4. The molecule has 2 heterocycles.